The molecule has 0 spiro atoms. The van der Waals surface area contributed by atoms with Crippen LogP contribution < -0.4 is 0 Å². The SMILES string of the molecule is CCCc1cc(-c2ccc(C3CCN(C4CCOCC4)CC3)cc2)sc1C(=O)N1CCCC1. The van der Waals surface area contributed by atoms with Crippen molar-refractivity contribution in [3.05, 3.63) is 46.3 Å². The van der Waals surface area contributed by atoms with Crippen molar-refractivity contribution in [3.63, 3.8) is 0 Å². The third-order valence-corrected chi connectivity index (χ3v) is 9.03. The number of aryl methyl sites for hydroxylation is 1. The Labute approximate surface area is 202 Å². The maximum Gasteiger partial charge on any atom is 0.264 e. The van der Waals surface area contributed by atoms with Crippen LogP contribution in [0.3, 0.4) is 0 Å². The molecule has 0 atom stereocenters. The monoisotopic (exact) mass is 466 g/mol. The van der Waals surface area contributed by atoms with Gasteiger partial charge in [-0.15, -0.1) is 11.3 Å². The Morgan fingerprint density at radius 3 is 2.36 bits per heavy atom. The normalized spacial score (nSPS) is 21.1. The van der Waals surface area contributed by atoms with E-state index in [0.29, 0.717) is 5.92 Å². The predicted molar refractivity (Wildman–Crippen MR) is 136 cm³/mol. The molecule has 3 aliphatic rings. The van der Waals surface area contributed by atoms with Crippen molar-refractivity contribution >= 4 is 17.2 Å². The number of ether oxygens (including phenoxy) is 1. The zero-order chi connectivity index (χ0) is 22.6. The molecular weight excluding hydrogens is 428 g/mol. The maximum absolute atomic E-state index is 13.1. The van der Waals surface area contributed by atoms with E-state index in [1.165, 1.54) is 60.3 Å². The molecule has 0 N–H and O–H groups in total. The Bertz CT molecular complexity index is 918. The Morgan fingerprint density at radius 1 is 1.00 bits per heavy atom. The number of hydrogen-bond acceptors (Lipinski definition) is 4. The van der Waals surface area contributed by atoms with E-state index in [1.807, 2.05) is 4.90 Å². The van der Waals surface area contributed by atoms with E-state index in [9.17, 15) is 4.79 Å². The molecule has 4 nitrogen and oxygen atoms in total. The van der Waals surface area contributed by atoms with Crippen LogP contribution >= 0.6 is 11.3 Å². The van der Waals surface area contributed by atoms with Gasteiger partial charge in [0.25, 0.3) is 5.91 Å². The van der Waals surface area contributed by atoms with E-state index in [1.54, 1.807) is 11.3 Å². The minimum Gasteiger partial charge on any atom is -0.381 e. The lowest BCUT2D eigenvalue weighted by Crippen LogP contribution is -2.43. The van der Waals surface area contributed by atoms with Gasteiger partial charge in [0.05, 0.1) is 4.88 Å². The van der Waals surface area contributed by atoms with Gasteiger partial charge in [-0.25, -0.2) is 0 Å². The first-order valence-electron chi connectivity index (χ1n) is 13.1. The van der Waals surface area contributed by atoms with Crippen molar-refractivity contribution in [3.8, 4) is 10.4 Å². The molecule has 5 heteroatoms. The summed E-state index contributed by atoms with van der Waals surface area (Å²) in [6.07, 6.45) is 9.24. The quantitative estimate of drug-likeness (QED) is 0.526. The molecule has 1 amide bonds. The second-order valence-electron chi connectivity index (χ2n) is 9.99. The smallest absolute Gasteiger partial charge is 0.264 e. The number of benzene rings is 1. The molecule has 3 saturated heterocycles. The summed E-state index contributed by atoms with van der Waals surface area (Å²) >= 11 is 1.70. The Hall–Kier alpha value is -1.69. The van der Waals surface area contributed by atoms with Crippen molar-refractivity contribution in [2.24, 2.45) is 0 Å². The molecule has 0 saturated carbocycles. The molecule has 3 fully saturated rings. The Morgan fingerprint density at radius 2 is 1.70 bits per heavy atom. The summed E-state index contributed by atoms with van der Waals surface area (Å²) in [5.41, 5.74) is 3.96. The zero-order valence-corrected chi connectivity index (χ0v) is 20.9. The summed E-state index contributed by atoms with van der Waals surface area (Å²) in [6, 6.07) is 12.3. The first-order chi connectivity index (χ1) is 16.2. The predicted octanol–water partition coefficient (Wildman–Crippen LogP) is 5.96. The summed E-state index contributed by atoms with van der Waals surface area (Å²) in [6.45, 7) is 8.32. The van der Waals surface area contributed by atoms with Crippen LogP contribution in [0.1, 0.15) is 78.6 Å². The molecule has 3 aliphatic heterocycles. The van der Waals surface area contributed by atoms with Gasteiger partial charge in [-0.3, -0.25) is 4.79 Å². The number of carbonyl (C=O) groups excluding carboxylic acids is 1. The van der Waals surface area contributed by atoms with Crippen molar-refractivity contribution < 1.29 is 9.53 Å². The third kappa shape index (κ3) is 5.21. The molecule has 5 rings (SSSR count). The summed E-state index contributed by atoms with van der Waals surface area (Å²) in [5.74, 6) is 0.918. The summed E-state index contributed by atoms with van der Waals surface area (Å²) < 4.78 is 5.54. The second kappa shape index (κ2) is 10.7. The molecule has 178 valence electrons. The van der Waals surface area contributed by atoms with E-state index < -0.39 is 0 Å². The summed E-state index contributed by atoms with van der Waals surface area (Å²) in [7, 11) is 0. The van der Waals surface area contributed by atoms with E-state index in [2.05, 4.69) is 42.2 Å². The average Bonchev–Trinajstić information content (AvgIpc) is 3.56. The molecule has 1 aromatic heterocycles. The fourth-order valence-electron chi connectivity index (χ4n) is 5.84. The fourth-order valence-corrected chi connectivity index (χ4v) is 7.02. The largest absolute Gasteiger partial charge is 0.381 e. The van der Waals surface area contributed by atoms with Gasteiger partial charge in [-0.1, -0.05) is 37.6 Å². The number of nitrogens with zero attached hydrogens (tertiary/aromatic N) is 2. The van der Waals surface area contributed by atoms with Crippen molar-refractivity contribution in [1.82, 2.24) is 9.80 Å². The number of carbonyl (C=O) groups is 1. The Kier molecular flexibility index (Phi) is 7.49. The first-order valence-corrected chi connectivity index (χ1v) is 13.9. The highest BCUT2D eigenvalue weighted by molar-refractivity contribution is 7.17. The van der Waals surface area contributed by atoms with Gasteiger partial charge in [-0.05, 0) is 86.7 Å². The van der Waals surface area contributed by atoms with Crippen molar-refractivity contribution in [2.45, 2.75) is 70.3 Å². The topological polar surface area (TPSA) is 32.8 Å². The van der Waals surface area contributed by atoms with Crippen LogP contribution in [-0.4, -0.2) is 61.1 Å². The molecule has 0 bridgehead atoms. The van der Waals surface area contributed by atoms with E-state index in [0.717, 1.165) is 62.9 Å². The number of likely N-dealkylation sites (tertiary alicyclic amines) is 2. The third-order valence-electron chi connectivity index (χ3n) is 7.82. The van der Waals surface area contributed by atoms with Gasteiger partial charge in [0.1, 0.15) is 0 Å². The molecule has 2 aromatic rings. The molecule has 1 aromatic carbocycles. The number of thiophene rings is 1. The lowest BCUT2D eigenvalue weighted by atomic mass is 9.88. The first kappa shape index (κ1) is 23.1. The minimum absolute atomic E-state index is 0.250. The number of rotatable bonds is 6. The van der Waals surface area contributed by atoms with E-state index in [-0.39, 0.29) is 5.91 Å². The fraction of sp³-hybridized carbons (Fsp3) is 0.607. The number of amides is 1. The highest BCUT2D eigenvalue weighted by atomic mass is 32.1. The van der Waals surface area contributed by atoms with Crippen LogP contribution in [0.25, 0.3) is 10.4 Å². The average molecular weight is 467 g/mol. The van der Waals surface area contributed by atoms with E-state index >= 15 is 0 Å². The van der Waals surface area contributed by atoms with E-state index in [4.69, 9.17) is 4.74 Å². The zero-order valence-electron chi connectivity index (χ0n) is 20.1. The lowest BCUT2D eigenvalue weighted by Gasteiger charge is -2.39. The lowest BCUT2D eigenvalue weighted by molar-refractivity contribution is 0.0252. The molecular formula is C28H38N2O2S. The highest BCUT2D eigenvalue weighted by Crippen LogP contribution is 2.36. The summed E-state index contributed by atoms with van der Waals surface area (Å²) in [5, 5.41) is 0. The van der Waals surface area contributed by atoms with Crippen molar-refractivity contribution in [2.75, 3.05) is 39.4 Å². The van der Waals surface area contributed by atoms with Gasteiger partial charge < -0.3 is 14.5 Å². The maximum atomic E-state index is 13.1. The van der Waals surface area contributed by atoms with Crippen LogP contribution in [0.15, 0.2) is 30.3 Å². The van der Waals surface area contributed by atoms with Crippen LogP contribution in [-0.2, 0) is 11.2 Å². The van der Waals surface area contributed by atoms with Gasteiger partial charge in [0.15, 0.2) is 0 Å². The standard InChI is InChI=1S/C28H38N2O2S/c1-2-5-24-20-26(33-27(24)28(31)30-14-3-4-15-30)23-8-6-21(7-9-23)22-10-16-29(17-11-22)25-12-18-32-19-13-25/h6-9,20,22,25H,2-5,10-19H2,1H3. The van der Waals surface area contributed by atoms with Gasteiger partial charge in [0, 0.05) is 37.2 Å². The highest BCUT2D eigenvalue weighted by Gasteiger charge is 2.27. The Balaban J connectivity index is 1.25. The van der Waals surface area contributed by atoms with Crippen LogP contribution in [0.2, 0.25) is 0 Å². The van der Waals surface area contributed by atoms with Gasteiger partial charge >= 0.3 is 0 Å². The number of piperidine rings is 1. The van der Waals surface area contributed by atoms with Gasteiger partial charge in [0.2, 0.25) is 0 Å². The minimum atomic E-state index is 0.250. The van der Waals surface area contributed by atoms with Gasteiger partial charge in [-0.2, -0.15) is 0 Å². The van der Waals surface area contributed by atoms with Crippen LogP contribution in [0.4, 0.5) is 0 Å². The van der Waals surface area contributed by atoms with Crippen LogP contribution in [0.5, 0.6) is 0 Å². The van der Waals surface area contributed by atoms with Crippen molar-refractivity contribution in [1.29, 1.82) is 0 Å². The van der Waals surface area contributed by atoms with Crippen LogP contribution in [0, 0.1) is 0 Å². The molecule has 0 unspecified atom stereocenters. The molecule has 33 heavy (non-hydrogen) atoms. The molecule has 0 aliphatic carbocycles. The number of hydrogen-bond donors (Lipinski definition) is 0. The second-order valence-corrected chi connectivity index (χ2v) is 11.0. The summed E-state index contributed by atoms with van der Waals surface area (Å²) in [4.78, 5) is 20.1. The molecule has 4 heterocycles. The molecule has 0 radical (unpaired) electrons.